The Balaban J connectivity index is 0.000000319. The van der Waals surface area contributed by atoms with Gasteiger partial charge >= 0.3 is 0 Å². The molecule has 0 spiro atoms. The van der Waals surface area contributed by atoms with Crippen molar-refractivity contribution >= 4 is 33.0 Å². The first-order valence-electron chi connectivity index (χ1n) is 20.0. The van der Waals surface area contributed by atoms with Gasteiger partial charge in [0.2, 0.25) is 0 Å². The van der Waals surface area contributed by atoms with Gasteiger partial charge in [-0.2, -0.15) is 0 Å². The van der Waals surface area contributed by atoms with Gasteiger partial charge in [-0.3, -0.25) is 4.98 Å². The molecule has 0 fully saturated rings. The van der Waals surface area contributed by atoms with E-state index >= 15 is 0 Å². The summed E-state index contributed by atoms with van der Waals surface area (Å²) >= 11 is 0. The van der Waals surface area contributed by atoms with Gasteiger partial charge in [-0.05, 0) is 87.3 Å². The third kappa shape index (κ3) is 7.80. The molecule has 0 amide bonds. The van der Waals surface area contributed by atoms with Crippen molar-refractivity contribution in [1.82, 2.24) is 14.5 Å². The molecule has 3 heterocycles. The minimum absolute atomic E-state index is 0. The van der Waals surface area contributed by atoms with Gasteiger partial charge in [0.1, 0.15) is 5.58 Å². The summed E-state index contributed by atoms with van der Waals surface area (Å²) in [5, 5.41) is 2.15. The number of imidazole rings is 1. The Morgan fingerprint density at radius 2 is 1.22 bits per heavy atom. The number of benzene rings is 7. The summed E-state index contributed by atoms with van der Waals surface area (Å²) in [5.41, 5.74) is 15.1. The average molecular weight is 942 g/mol. The fraction of sp³-hybridized carbons (Fsp3) is 0.111. The second-order valence-electron chi connectivity index (χ2n) is 15.2. The minimum Gasteiger partial charge on any atom is -0.501 e. The first-order valence-corrected chi connectivity index (χ1v) is 20.0. The number of nitrogens with zero attached hydrogens (tertiary/aromatic N) is 3. The molecule has 0 aliphatic heterocycles. The monoisotopic (exact) mass is 942 g/mol. The normalized spacial score (nSPS) is 11.2. The Kier molecular flexibility index (Phi) is 11.5. The van der Waals surface area contributed by atoms with E-state index < -0.39 is 0 Å². The van der Waals surface area contributed by atoms with Gasteiger partial charge < -0.3 is 14.0 Å². The van der Waals surface area contributed by atoms with E-state index in [0.717, 1.165) is 61.2 Å². The molecule has 4 nitrogen and oxygen atoms in total. The Bertz CT molecular complexity index is 2920. The van der Waals surface area contributed by atoms with E-state index in [0.29, 0.717) is 0 Å². The van der Waals surface area contributed by atoms with E-state index in [1.54, 1.807) is 6.20 Å². The van der Waals surface area contributed by atoms with Crippen molar-refractivity contribution in [3.63, 3.8) is 0 Å². The van der Waals surface area contributed by atoms with E-state index in [-0.39, 0.29) is 31.9 Å². The van der Waals surface area contributed by atoms with Gasteiger partial charge in [0.05, 0.1) is 22.4 Å². The van der Waals surface area contributed by atoms with Crippen molar-refractivity contribution in [1.29, 1.82) is 0 Å². The van der Waals surface area contributed by atoms with Crippen LogP contribution in [-0.2, 0) is 20.1 Å². The van der Waals surface area contributed by atoms with Gasteiger partial charge in [-0.1, -0.05) is 136 Å². The number of aromatic nitrogens is 3. The largest absolute Gasteiger partial charge is 0.501 e. The van der Waals surface area contributed by atoms with Gasteiger partial charge in [0.15, 0.2) is 0 Å². The molecule has 291 valence electrons. The van der Waals surface area contributed by atoms with Crippen LogP contribution >= 0.6 is 0 Å². The Morgan fingerprint density at radius 3 is 1.88 bits per heavy atom. The molecule has 0 unspecified atom stereocenters. The molecule has 7 aromatic carbocycles. The molecule has 1 radical (unpaired) electrons. The second-order valence-corrected chi connectivity index (χ2v) is 15.2. The van der Waals surface area contributed by atoms with Gasteiger partial charge in [0, 0.05) is 37.4 Å². The van der Waals surface area contributed by atoms with Crippen molar-refractivity contribution < 1.29 is 24.5 Å². The van der Waals surface area contributed by atoms with E-state index in [2.05, 4.69) is 165 Å². The fourth-order valence-electron chi connectivity index (χ4n) is 7.83. The molecule has 0 saturated heterocycles. The van der Waals surface area contributed by atoms with Gasteiger partial charge in [0.25, 0.3) is 0 Å². The molecule has 0 atom stereocenters. The van der Waals surface area contributed by atoms with Crippen LogP contribution in [0.2, 0.25) is 0 Å². The minimum atomic E-state index is 0. The fourth-order valence-corrected chi connectivity index (χ4v) is 7.83. The molecular formula is C54H43IrN3O-2. The van der Waals surface area contributed by atoms with Crippen molar-refractivity contribution in [2.75, 3.05) is 0 Å². The zero-order valence-corrected chi connectivity index (χ0v) is 35.9. The molecule has 10 aromatic rings. The van der Waals surface area contributed by atoms with Crippen LogP contribution in [-0.4, -0.2) is 14.5 Å². The van der Waals surface area contributed by atoms with Gasteiger partial charge in [-0.15, -0.1) is 54.1 Å². The molecule has 0 N–H and O–H groups in total. The zero-order valence-electron chi connectivity index (χ0n) is 33.5. The van der Waals surface area contributed by atoms with Crippen molar-refractivity contribution in [2.24, 2.45) is 0 Å². The molecule has 59 heavy (non-hydrogen) atoms. The van der Waals surface area contributed by atoms with E-state index in [1.165, 1.54) is 33.5 Å². The van der Waals surface area contributed by atoms with Crippen LogP contribution in [0.4, 0.5) is 0 Å². The average Bonchev–Trinajstić information content (AvgIpc) is 3.86. The van der Waals surface area contributed by atoms with Crippen LogP contribution < -0.4 is 0 Å². The Hall–Kier alpha value is -6.39. The van der Waals surface area contributed by atoms with Crippen LogP contribution in [0.1, 0.15) is 50.7 Å². The molecule has 0 aliphatic rings. The van der Waals surface area contributed by atoms with E-state index in [4.69, 9.17) is 9.40 Å². The van der Waals surface area contributed by atoms with Crippen LogP contribution in [0.15, 0.2) is 180 Å². The third-order valence-electron chi connectivity index (χ3n) is 10.7. The number of hydrogen-bond acceptors (Lipinski definition) is 3. The van der Waals surface area contributed by atoms with Crippen LogP contribution in [0, 0.1) is 12.1 Å². The first kappa shape index (κ1) is 39.4. The summed E-state index contributed by atoms with van der Waals surface area (Å²) in [5.74, 6) is 1.41. The third-order valence-corrected chi connectivity index (χ3v) is 10.7. The summed E-state index contributed by atoms with van der Waals surface area (Å²) in [6.45, 7) is 9.14. The molecule has 5 heteroatoms. The predicted molar refractivity (Wildman–Crippen MR) is 240 cm³/mol. The number of fused-ring (bicyclic) bond motifs is 4. The summed E-state index contributed by atoms with van der Waals surface area (Å²) in [7, 11) is 0. The van der Waals surface area contributed by atoms with Crippen molar-refractivity contribution in [3.05, 3.63) is 199 Å². The number of rotatable bonds is 7. The molecule has 0 aliphatic carbocycles. The molecular weight excluding hydrogens is 899 g/mol. The van der Waals surface area contributed by atoms with Crippen molar-refractivity contribution in [3.8, 4) is 50.6 Å². The molecule has 3 aromatic heterocycles. The van der Waals surface area contributed by atoms with Crippen LogP contribution in [0.3, 0.4) is 0 Å². The first-order chi connectivity index (χ1) is 28.4. The summed E-state index contributed by atoms with van der Waals surface area (Å²) in [6, 6.07) is 65.3. The molecule has 0 saturated carbocycles. The molecule has 0 bridgehead atoms. The van der Waals surface area contributed by atoms with Crippen LogP contribution in [0.25, 0.3) is 83.6 Å². The summed E-state index contributed by atoms with van der Waals surface area (Å²) in [6.07, 6.45) is 1.79. The Morgan fingerprint density at radius 1 is 0.559 bits per heavy atom. The number of hydrogen-bond donors (Lipinski definition) is 0. The quantitative estimate of drug-likeness (QED) is 0.150. The van der Waals surface area contributed by atoms with Crippen LogP contribution in [0.5, 0.6) is 0 Å². The maximum atomic E-state index is 6.73. The predicted octanol–water partition coefficient (Wildman–Crippen LogP) is 14.5. The summed E-state index contributed by atoms with van der Waals surface area (Å²) in [4.78, 5) is 9.52. The Labute approximate surface area is 359 Å². The van der Waals surface area contributed by atoms with E-state index in [9.17, 15) is 0 Å². The molecule has 10 rings (SSSR count). The number of para-hydroxylation sites is 2. The topological polar surface area (TPSA) is 43.9 Å². The van der Waals surface area contributed by atoms with Crippen molar-refractivity contribution in [2.45, 2.75) is 39.5 Å². The van der Waals surface area contributed by atoms with E-state index in [1.807, 2.05) is 54.6 Å². The number of pyridine rings is 1. The second kappa shape index (κ2) is 17.2. The maximum absolute atomic E-state index is 6.73. The maximum Gasteiger partial charge on any atom is 0.121 e. The zero-order chi connectivity index (χ0) is 39.6. The summed E-state index contributed by atoms with van der Waals surface area (Å²) < 4.78 is 9.10. The smallest absolute Gasteiger partial charge is 0.121 e. The number of furan rings is 1. The van der Waals surface area contributed by atoms with Gasteiger partial charge in [-0.25, -0.2) is 0 Å². The standard InChI is InChI=1S/C43H35N2O.C11H8N.Ir/c1-27(2)36-24-32(30-16-9-6-10-17-30)25-37(28(3)4)41(36)45-39-21-12-11-20-38(39)44-43(45)35-19-13-18-34-33-23-22-31(26-40(33)46-42(34)35)29-14-7-5-8-15-29;1-2-6-10(7-3-1)11-8-4-5-9-12-11;/h5-18,20-28H,1-4H3;1-6,8-9H;/q2*-1;. The SMILES string of the molecule is CC(C)c1cc(-c2ccccc2)cc(C(C)C)c1-n1c(-c2[c-]ccc3c2oc2cc(-c4ccccc4)ccc23)nc2ccccc21.[Ir].[c-]1ccccc1-c1ccccn1.